The fraction of sp³-hybridized carbons (Fsp3) is 1.00. The minimum absolute atomic E-state index is 0.0594. The summed E-state index contributed by atoms with van der Waals surface area (Å²) >= 11 is 0. The van der Waals surface area contributed by atoms with Crippen molar-refractivity contribution in [3.05, 3.63) is 0 Å². The number of hydrogen-bond acceptors (Lipinski definition) is 4. The maximum Gasteiger partial charge on any atom is 0.0989 e. The van der Waals surface area contributed by atoms with Crippen LogP contribution in [0.4, 0.5) is 0 Å². The lowest BCUT2D eigenvalue weighted by molar-refractivity contribution is -0.145. The molecule has 0 bridgehead atoms. The summed E-state index contributed by atoms with van der Waals surface area (Å²) in [5.41, 5.74) is 5.90. The molecule has 1 fully saturated rings. The first-order chi connectivity index (χ1) is 8.15. The van der Waals surface area contributed by atoms with Crippen molar-refractivity contribution in [2.24, 2.45) is 11.7 Å². The molecule has 4 nitrogen and oxygen atoms in total. The Kier molecular flexibility index (Phi) is 7.04. The maximum absolute atomic E-state index is 5.90. The van der Waals surface area contributed by atoms with E-state index in [0.29, 0.717) is 13.2 Å². The lowest BCUT2D eigenvalue weighted by Crippen LogP contribution is -2.58. The molecular weight excluding hydrogens is 218 g/mol. The summed E-state index contributed by atoms with van der Waals surface area (Å²) in [4.78, 5) is 0. The average Bonchev–Trinajstić information content (AvgIpc) is 2.28. The van der Waals surface area contributed by atoms with Gasteiger partial charge in [0.15, 0.2) is 0 Å². The smallest absolute Gasteiger partial charge is 0.0989 e. The molecule has 0 aromatic heterocycles. The molecule has 0 aliphatic heterocycles. The van der Waals surface area contributed by atoms with E-state index in [-0.39, 0.29) is 18.2 Å². The molecule has 1 aliphatic carbocycles. The van der Waals surface area contributed by atoms with Crippen molar-refractivity contribution in [3.63, 3.8) is 0 Å². The van der Waals surface area contributed by atoms with E-state index in [1.165, 1.54) is 6.42 Å². The molecule has 3 unspecified atom stereocenters. The highest BCUT2D eigenvalue weighted by Gasteiger charge is 2.40. The molecule has 0 aromatic carbocycles. The Bertz CT molecular complexity index is 199. The van der Waals surface area contributed by atoms with Crippen LogP contribution in [-0.4, -0.2) is 45.2 Å². The minimum atomic E-state index is 0.0594. The van der Waals surface area contributed by atoms with E-state index < -0.39 is 0 Å². The summed E-state index contributed by atoms with van der Waals surface area (Å²) in [7, 11) is 1.67. The van der Waals surface area contributed by atoms with E-state index in [4.69, 9.17) is 19.9 Å². The number of nitrogens with two attached hydrogens (primary N) is 1. The molecule has 0 aromatic rings. The van der Waals surface area contributed by atoms with Crippen LogP contribution < -0.4 is 5.73 Å². The lowest BCUT2D eigenvalue weighted by Gasteiger charge is -2.41. The summed E-state index contributed by atoms with van der Waals surface area (Å²) in [6.07, 6.45) is 3.50. The van der Waals surface area contributed by atoms with Gasteiger partial charge in [-0.1, -0.05) is 13.8 Å². The van der Waals surface area contributed by atoms with E-state index in [9.17, 15) is 0 Å². The van der Waals surface area contributed by atoms with Crippen molar-refractivity contribution in [3.8, 4) is 0 Å². The van der Waals surface area contributed by atoms with Gasteiger partial charge in [0, 0.05) is 19.8 Å². The van der Waals surface area contributed by atoms with Crippen molar-refractivity contribution < 1.29 is 14.2 Å². The summed E-state index contributed by atoms with van der Waals surface area (Å²) in [5.74, 6) is 0.746. The minimum Gasteiger partial charge on any atom is -0.382 e. The van der Waals surface area contributed by atoms with Gasteiger partial charge in [0.2, 0.25) is 0 Å². The van der Waals surface area contributed by atoms with Gasteiger partial charge in [0.1, 0.15) is 0 Å². The fourth-order valence-electron chi connectivity index (χ4n) is 2.00. The van der Waals surface area contributed by atoms with Crippen LogP contribution in [0.15, 0.2) is 0 Å². The number of methoxy groups -OCH3 is 1. The van der Waals surface area contributed by atoms with E-state index in [2.05, 4.69) is 13.8 Å². The molecule has 0 amide bonds. The SMILES string of the molecule is COCCOC1C(N)CC1OCCCC(C)C. The van der Waals surface area contributed by atoms with Gasteiger partial charge in [-0.2, -0.15) is 0 Å². The molecule has 0 spiro atoms. The molecule has 0 saturated heterocycles. The van der Waals surface area contributed by atoms with Crippen LogP contribution in [-0.2, 0) is 14.2 Å². The van der Waals surface area contributed by atoms with Crippen LogP contribution in [0.25, 0.3) is 0 Å². The third kappa shape index (κ3) is 5.34. The zero-order valence-electron chi connectivity index (χ0n) is 11.4. The average molecular weight is 245 g/mol. The molecule has 1 rings (SSSR count). The van der Waals surface area contributed by atoms with E-state index >= 15 is 0 Å². The molecule has 3 atom stereocenters. The molecular formula is C13H27NO3. The van der Waals surface area contributed by atoms with Crippen LogP contribution in [0.1, 0.15) is 33.1 Å². The molecule has 2 N–H and O–H groups in total. The highest BCUT2D eigenvalue weighted by molar-refractivity contribution is 4.95. The Morgan fingerprint density at radius 2 is 1.94 bits per heavy atom. The monoisotopic (exact) mass is 245 g/mol. The standard InChI is InChI=1S/C13H27NO3/c1-10(2)5-4-6-16-12-9-11(14)13(12)17-8-7-15-3/h10-13H,4-9,14H2,1-3H3. The largest absolute Gasteiger partial charge is 0.382 e. The molecule has 0 heterocycles. The lowest BCUT2D eigenvalue weighted by atomic mass is 9.86. The van der Waals surface area contributed by atoms with Gasteiger partial charge < -0.3 is 19.9 Å². The predicted molar refractivity (Wildman–Crippen MR) is 68.0 cm³/mol. The topological polar surface area (TPSA) is 53.7 Å². The van der Waals surface area contributed by atoms with Gasteiger partial charge in [-0.3, -0.25) is 0 Å². The Morgan fingerprint density at radius 3 is 2.53 bits per heavy atom. The summed E-state index contributed by atoms with van der Waals surface area (Å²) in [5, 5.41) is 0. The summed E-state index contributed by atoms with van der Waals surface area (Å²) in [6, 6.07) is 0.127. The number of hydrogen-bond donors (Lipinski definition) is 1. The molecule has 0 radical (unpaired) electrons. The van der Waals surface area contributed by atoms with Crippen LogP contribution >= 0.6 is 0 Å². The van der Waals surface area contributed by atoms with Crippen molar-refractivity contribution in [1.29, 1.82) is 0 Å². The van der Waals surface area contributed by atoms with Crippen LogP contribution in [0.3, 0.4) is 0 Å². The van der Waals surface area contributed by atoms with E-state index in [0.717, 1.165) is 25.4 Å². The highest BCUT2D eigenvalue weighted by Crippen LogP contribution is 2.26. The first-order valence-corrected chi connectivity index (χ1v) is 6.63. The summed E-state index contributed by atoms with van der Waals surface area (Å²) in [6.45, 7) is 6.50. The third-order valence-corrected chi connectivity index (χ3v) is 3.15. The molecule has 102 valence electrons. The van der Waals surface area contributed by atoms with Gasteiger partial charge in [-0.05, 0) is 25.2 Å². The van der Waals surface area contributed by atoms with Gasteiger partial charge in [-0.15, -0.1) is 0 Å². The van der Waals surface area contributed by atoms with E-state index in [1.54, 1.807) is 7.11 Å². The summed E-state index contributed by atoms with van der Waals surface area (Å²) < 4.78 is 16.4. The second kappa shape index (κ2) is 8.03. The first kappa shape index (κ1) is 14.9. The fourth-order valence-corrected chi connectivity index (χ4v) is 2.00. The van der Waals surface area contributed by atoms with Crippen LogP contribution in [0, 0.1) is 5.92 Å². The van der Waals surface area contributed by atoms with Gasteiger partial charge in [0.25, 0.3) is 0 Å². The Hall–Kier alpha value is -0.160. The Morgan fingerprint density at radius 1 is 1.18 bits per heavy atom. The van der Waals surface area contributed by atoms with Crippen LogP contribution in [0.5, 0.6) is 0 Å². The van der Waals surface area contributed by atoms with Crippen LogP contribution in [0.2, 0.25) is 0 Å². The maximum atomic E-state index is 5.90. The van der Waals surface area contributed by atoms with Gasteiger partial charge >= 0.3 is 0 Å². The quantitative estimate of drug-likeness (QED) is 0.627. The van der Waals surface area contributed by atoms with Crippen molar-refractivity contribution in [2.75, 3.05) is 26.9 Å². The predicted octanol–water partition coefficient (Wildman–Crippen LogP) is 1.57. The molecule has 1 aliphatic rings. The zero-order valence-corrected chi connectivity index (χ0v) is 11.4. The number of rotatable bonds is 9. The first-order valence-electron chi connectivity index (χ1n) is 6.63. The van der Waals surface area contributed by atoms with Gasteiger partial charge in [0.05, 0.1) is 25.4 Å². The molecule has 1 saturated carbocycles. The van der Waals surface area contributed by atoms with Crippen molar-refractivity contribution in [1.82, 2.24) is 0 Å². The molecule has 4 heteroatoms. The highest BCUT2D eigenvalue weighted by atomic mass is 16.6. The Balaban J connectivity index is 2.07. The third-order valence-electron chi connectivity index (χ3n) is 3.15. The number of ether oxygens (including phenoxy) is 3. The van der Waals surface area contributed by atoms with Gasteiger partial charge in [-0.25, -0.2) is 0 Å². The second-order valence-corrected chi connectivity index (χ2v) is 5.17. The normalized spacial score (nSPS) is 28.4. The molecule has 17 heavy (non-hydrogen) atoms. The van der Waals surface area contributed by atoms with E-state index in [1.807, 2.05) is 0 Å². The Labute approximate surface area is 105 Å². The second-order valence-electron chi connectivity index (χ2n) is 5.17. The zero-order chi connectivity index (χ0) is 12.7. The van der Waals surface area contributed by atoms with Crippen molar-refractivity contribution >= 4 is 0 Å². The van der Waals surface area contributed by atoms with Crippen molar-refractivity contribution in [2.45, 2.75) is 51.4 Å².